The Hall–Kier alpha value is -2.77. The van der Waals surface area contributed by atoms with Gasteiger partial charge in [-0.25, -0.2) is 0 Å². The second-order valence-electron chi connectivity index (χ2n) is 7.49. The predicted molar refractivity (Wildman–Crippen MR) is 119 cm³/mol. The van der Waals surface area contributed by atoms with Gasteiger partial charge < -0.3 is 10.2 Å². The number of rotatable bonds is 5. The Morgan fingerprint density at radius 1 is 1.20 bits per heavy atom. The molecule has 1 fully saturated rings. The molecule has 1 aliphatic heterocycles. The summed E-state index contributed by atoms with van der Waals surface area (Å²) in [6, 6.07) is 13.5. The van der Waals surface area contributed by atoms with Crippen LogP contribution >= 0.6 is 22.9 Å². The summed E-state index contributed by atoms with van der Waals surface area (Å²) in [5, 5.41) is 13.0. The monoisotopic (exact) mass is 440 g/mol. The highest BCUT2D eigenvalue weighted by Gasteiger charge is 2.36. The van der Waals surface area contributed by atoms with E-state index in [9.17, 15) is 9.59 Å². The zero-order chi connectivity index (χ0) is 21.3. The normalized spacial score (nSPS) is 16.2. The molecule has 2 amide bonds. The quantitative estimate of drug-likeness (QED) is 0.638. The highest BCUT2D eigenvalue weighted by molar-refractivity contribution is 7.15. The van der Waals surface area contributed by atoms with Crippen LogP contribution in [-0.2, 0) is 16.0 Å². The third-order valence-corrected chi connectivity index (χ3v) is 6.21. The van der Waals surface area contributed by atoms with E-state index in [0.29, 0.717) is 23.1 Å². The molecule has 0 spiro atoms. The molecular weight excluding hydrogens is 420 g/mol. The molecule has 2 heterocycles. The molecule has 1 aliphatic rings. The molecular formula is C22H21ClN4O2S. The van der Waals surface area contributed by atoms with Crippen molar-refractivity contribution in [3.63, 3.8) is 0 Å². The lowest BCUT2D eigenvalue weighted by molar-refractivity contribution is -0.122. The van der Waals surface area contributed by atoms with Gasteiger partial charge in [0.05, 0.1) is 5.92 Å². The van der Waals surface area contributed by atoms with Crippen molar-refractivity contribution in [1.82, 2.24) is 10.2 Å². The van der Waals surface area contributed by atoms with Gasteiger partial charge >= 0.3 is 0 Å². The van der Waals surface area contributed by atoms with Gasteiger partial charge in [0, 0.05) is 30.1 Å². The Morgan fingerprint density at radius 2 is 1.97 bits per heavy atom. The molecule has 0 saturated carbocycles. The van der Waals surface area contributed by atoms with Crippen LogP contribution in [0.5, 0.6) is 0 Å². The van der Waals surface area contributed by atoms with Gasteiger partial charge in [-0.15, -0.1) is 10.2 Å². The van der Waals surface area contributed by atoms with Crippen LogP contribution in [0, 0.1) is 19.8 Å². The standard InChI is InChI=1S/C22H21ClN4O2S/c1-13-3-4-14(2)18(9-13)27-12-16(11-20(27)28)21(29)24-22-26-25-19(30-22)10-15-5-7-17(23)8-6-15/h3-9,16H,10-12H2,1-2H3,(H,24,26,29). The van der Waals surface area contributed by atoms with Gasteiger partial charge in [0.25, 0.3) is 0 Å². The number of aryl methyl sites for hydroxylation is 2. The lowest BCUT2D eigenvalue weighted by Crippen LogP contribution is -2.28. The Labute approximate surface area is 183 Å². The number of anilines is 2. The molecule has 0 bridgehead atoms. The minimum Gasteiger partial charge on any atom is -0.311 e. The average molecular weight is 441 g/mol. The number of carbonyl (C=O) groups excluding carboxylic acids is 2. The lowest BCUT2D eigenvalue weighted by atomic mass is 10.1. The van der Waals surface area contributed by atoms with Crippen LogP contribution in [0.2, 0.25) is 5.02 Å². The molecule has 0 aliphatic carbocycles. The van der Waals surface area contributed by atoms with Crippen LogP contribution in [0.15, 0.2) is 42.5 Å². The molecule has 3 aromatic rings. The Bertz CT molecular complexity index is 1100. The van der Waals surface area contributed by atoms with E-state index in [1.54, 1.807) is 4.90 Å². The van der Waals surface area contributed by atoms with Gasteiger partial charge in [-0.05, 0) is 48.7 Å². The van der Waals surface area contributed by atoms with Crippen molar-refractivity contribution in [1.29, 1.82) is 0 Å². The third kappa shape index (κ3) is 4.52. The number of nitrogens with one attached hydrogen (secondary N) is 1. The molecule has 2 aromatic carbocycles. The van der Waals surface area contributed by atoms with E-state index < -0.39 is 5.92 Å². The molecule has 8 heteroatoms. The van der Waals surface area contributed by atoms with Gasteiger partial charge in [0.2, 0.25) is 16.9 Å². The van der Waals surface area contributed by atoms with E-state index in [1.807, 2.05) is 56.3 Å². The summed E-state index contributed by atoms with van der Waals surface area (Å²) < 4.78 is 0. The van der Waals surface area contributed by atoms with Crippen LogP contribution in [0.25, 0.3) is 0 Å². The molecule has 1 atom stereocenters. The van der Waals surface area contributed by atoms with E-state index in [-0.39, 0.29) is 18.2 Å². The van der Waals surface area contributed by atoms with Crippen molar-refractivity contribution in [2.75, 3.05) is 16.8 Å². The number of benzene rings is 2. The van der Waals surface area contributed by atoms with Crippen LogP contribution in [0.1, 0.15) is 28.1 Å². The summed E-state index contributed by atoms with van der Waals surface area (Å²) in [5.74, 6) is -0.657. The van der Waals surface area contributed by atoms with Gasteiger partial charge in [0.1, 0.15) is 5.01 Å². The van der Waals surface area contributed by atoms with Crippen LogP contribution in [-0.4, -0.2) is 28.6 Å². The summed E-state index contributed by atoms with van der Waals surface area (Å²) in [5.41, 5.74) is 4.04. The molecule has 0 radical (unpaired) electrons. The molecule has 1 aromatic heterocycles. The molecule has 6 nitrogen and oxygen atoms in total. The zero-order valence-electron chi connectivity index (χ0n) is 16.7. The molecule has 1 unspecified atom stereocenters. The van der Waals surface area contributed by atoms with E-state index in [4.69, 9.17) is 11.6 Å². The first-order valence-electron chi connectivity index (χ1n) is 9.64. The highest BCUT2D eigenvalue weighted by atomic mass is 35.5. The van der Waals surface area contributed by atoms with Crippen molar-refractivity contribution in [2.45, 2.75) is 26.7 Å². The summed E-state index contributed by atoms with van der Waals surface area (Å²) in [6.45, 7) is 4.33. The van der Waals surface area contributed by atoms with Crippen molar-refractivity contribution >= 4 is 45.6 Å². The molecule has 4 rings (SSSR count). The molecule has 1 N–H and O–H groups in total. The zero-order valence-corrected chi connectivity index (χ0v) is 18.3. The number of hydrogen-bond acceptors (Lipinski definition) is 5. The first-order chi connectivity index (χ1) is 14.4. The van der Waals surface area contributed by atoms with Crippen LogP contribution < -0.4 is 10.2 Å². The van der Waals surface area contributed by atoms with Crippen molar-refractivity contribution in [3.05, 3.63) is 69.2 Å². The number of halogens is 1. The molecule has 30 heavy (non-hydrogen) atoms. The first kappa shape index (κ1) is 20.5. The fraction of sp³-hybridized carbons (Fsp3) is 0.273. The van der Waals surface area contributed by atoms with Gasteiger partial charge in [-0.3, -0.25) is 9.59 Å². The number of nitrogens with zero attached hydrogens (tertiary/aromatic N) is 3. The van der Waals surface area contributed by atoms with E-state index in [1.165, 1.54) is 11.3 Å². The molecule has 154 valence electrons. The van der Waals surface area contributed by atoms with E-state index >= 15 is 0 Å². The number of hydrogen-bond donors (Lipinski definition) is 1. The summed E-state index contributed by atoms with van der Waals surface area (Å²) in [7, 11) is 0. The first-order valence-corrected chi connectivity index (χ1v) is 10.8. The number of amides is 2. The fourth-order valence-electron chi connectivity index (χ4n) is 3.49. The minimum absolute atomic E-state index is 0.0375. The Kier molecular flexibility index (Phi) is 5.83. The lowest BCUT2D eigenvalue weighted by Gasteiger charge is -2.19. The van der Waals surface area contributed by atoms with Crippen LogP contribution in [0.4, 0.5) is 10.8 Å². The van der Waals surface area contributed by atoms with Gasteiger partial charge in [-0.2, -0.15) is 0 Å². The second-order valence-corrected chi connectivity index (χ2v) is 8.99. The maximum Gasteiger partial charge on any atom is 0.231 e. The van der Waals surface area contributed by atoms with E-state index in [2.05, 4.69) is 15.5 Å². The van der Waals surface area contributed by atoms with Crippen molar-refractivity contribution < 1.29 is 9.59 Å². The Morgan fingerprint density at radius 3 is 2.73 bits per heavy atom. The maximum absolute atomic E-state index is 12.7. The third-order valence-electron chi connectivity index (χ3n) is 5.12. The smallest absolute Gasteiger partial charge is 0.231 e. The van der Waals surface area contributed by atoms with Gasteiger partial charge in [0.15, 0.2) is 0 Å². The minimum atomic E-state index is -0.416. The fourth-order valence-corrected chi connectivity index (χ4v) is 4.39. The maximum atomic E-state index is 12.7. The van der Waals surface area contributed by atoms with E-state index in [0.717, 1.165) is 27.4 Å². The van der Waals surface area contributed by atoms with Crippen molar-refractivity contribution in [2.24, 2.45) is 5.92 Å². The number of aromatic nitrogens is 2. The topological polar surface area (TPSA) is 75.2 Å². The highest BCUT2D eigenvalue weighted by Crippen LogP contribution is 2.30. The average Bonchev–Trinajstić information content (AvgIpc) is 3.32. The van der Waals surface area contributed by atoms with Crippen LogP contribution in [0.3, 0.4) is 0 Å². The predicted octanol–water partition coefficient (Wildman–Crippen LogP) is 4.39. The summed E-state index contributed by atoms with van der Waals surface area (Å²) in [4.78, 5) is 27.0. The molecule has 1 saturated heterocycles. The summed E-state index contributed by atoms with van der Waals surface area (Å²) >= 11 is 7.25. The van der Waals surface area contributed by atoms with Gasteiger partial charge in [-0.1, -0.05) is 47.2 Å². The summed E-state index contributed by atoms with van der Waals surface area (Å²) in [6.07, 6.45) is 0.808. The largest absolute Gasteiger partial charge is 0.311 e. The Balaban J connectivity index is 1.40. The SMILES string of the molecule is Cc1ccc(C)c(N2CC(C(=O)Nc3nnc(Cc4ccc(Cl)cc4)s3)CC2=O)c1. The number of carbonyl (C=O) groups is 2. The second kappa shape index (κ2) is 8.53. The van der Waals surface area contributed by atoms with Crippen molar-refractivity contribution in [3.8, 4) is 0 Å².